The Morgan fingerprint density at radius 1 is 1.26 bits per heavy atom. The molecule has 0 spiro atoms. The van der Waals surface area contributed by atoms with Crippen LogP contribution < -0.4 is 14.4 Å². The first-order valence-corrected chi connectivity index (χ1v) is 12.5. The highest BCUT2D eigenvalue weighted by molar-refractivity contribution is 9.10. The van der Waals surface area contributed by atoms with Gasteiger partial charge in [0.05, 0.1) is 31.1 Å². The van der Waals surface area contributed by atoms with Crippen LogP contribution in [0.25, 0.3) is 0 Å². The second kappa shape index (κ2) is 9.65. The molecule has 1 atom stereocenters. The van der Waals surface area contributed by atoms with E-state index in [1.807, 2.05) is 18.2 Å². The average Bonchev–Trinajstić information content (AvgIpc) is 3.23. The van der Waals surface area contributed by atoms with Gasteiger partial charge in [0, 0.05) is 35.8 Å². The lowest BCUT2D eigenvalue weighted by atomic mass is 10.1. The zero-order chi connectivity index (χ0) is 22.8. The molecule has 0 saturated carbocycles. The second-order valence-corrected chi connectivity index (χ2v) is 10.5. The number of anilines is 1. The SMILES string of the molecule is COc1cc(Br)c(CN(c2ccc(C#N)c(Cl)c2)[C@H]2CCN(S(C)(=O)=O)C2)cc1OC. The maximum absolute atomic E-state index is 12.1. The van der Waals surface area contributed by atoms with Crippen molar-refractivity contribution in [1.82, 2.24) is 4.31 Å². The quantitative estimate of drug-likeness (QED) is 0.540. The third-order valence-electron chi connectivity index (χ3n) is 5.33. The predicted octanol–water partition coefficient (Wildman–Crippen LogP) is 4.03. The Bertz CT molecular complexity index is 1120. The molecule has 1 aliphatic rings. The fourth-order valence-electron chi connectivity index (χ4n) is 3.67. The summed E-state index contributed by atoms with van der Waals surface area (Å²) in [5.41, 5.74) is 2.14. The molecule has 166 valence electrons. The van der Waals surface area contributed by atoms with Gasteiger partial charge in [0.1, 0.15) is 6.07 Å². The van der Waals surface area contributed by atoms with Crippen molar-refractivity contribution in [3.05, 3.63) is 51.0 Å². The van der Waals surface area contributed by atoms with E-state index >= 15 is 0 Å². The van der Waals surface area contributed by atoms with Gasteiger partial charge in [-0.15, -0.1) is 0 Å². The van der Waals surface area contributed by atoms with Crippen LogP contribution in [0.15, 0.2) is 34.8 Å². The number of hydrogen-bond acceptors (Lipinski definition) is 6. The molecule has 10 heteroatoms. The third-order valence-corrected chi connectivity index (χ3v) is 7.65. The summed E-state index contributed by atoms with van der Waals surface area (Å²) in [6.45, 7) is 1.31. The normalized spacial score (nSPS) is 16.7. The first-order valence-electron chi connectivity index (χ1n) is 9.49. The maximum atomic E-state index is 12.1. The van der Waals surface area contributed by atoms with Crippen LogP contribution in [0.1, 0.15) is 17.5 Å². The van der Waals surface area contributed by atoms with E-state index in [2.05, 4.69) is 26.9 Å². The zero-order valence-electron chi connectivity index (χ0n) is 17.4. The van der Waals surface area contributed by atoms with Gasteiger partial charge in [-0.2, -0.15) is 5.26 Å². The Labute approximate surface area is 196 Å². The van der Waals surface area contributed by atoms with Crippen LogP contribution in [0.5, 0.6) is 11.5 Å². The first kappa shape index (κ1) is 23.7. The van der Waals surface area contributed by atoms with E-state index in [0.29, 0.717) is 48.1 Å². The van der Waals surface area contributed by atoms with Crippen molar-refractivity contribution in [2.45, 2.75) is 19.0 Å². The molecule has 1 aliphatic heterocycles. The molecular formula is C21H23BrClN3O4S. The number of hydrogen-bond donors (Lipinski definition) is 0. The number of rotatable bonds is 7. The molecular weight excluding hydrogens is 506 g/mol. The van der Waals surface area contributed by atoms with E-state index < -0.39 is 10.0 Å². The zero-order valence-corrected chi connectivity index (χ0v) is 20.6. The summed E-state index contributed by atoms with van der Waals surface area (Å²) < 4.78 is 37.2. The van der Waals surface area contributed by atoms with Gasteiger partial charge in [-0.05, 0) is 42.3 Å². The molecule has 0 aliphatic carbocycles. The number of benzene rings is 2. The van der Waals surface area contributed by atoms with Crippen molar-refractivity contribution < 1.29 is 17.9 Å². The summed E-state index contributed by atoms with van der Waals surface area (Å²) in [5.74, 6) is 1.21. The van der Waals surface area contributed by atoms with Gasteiger partial charge in [0.2, 0.25) is 10.0 Å². The smallest absolute Gasteiger partial charge is 0.211 e. The fraction of sp³-hybridized carbons (Fsp3) is 0.381. The number of halogens is 2. The molecule has 7 nitrogen and oxygen atoms in total. The van der Waals surface area contributed by atoms with Crippen LogP contribution in [0.2, 0.25) is 5.02 Å². The summed E-state index contributed by atoms with van der Waals surface area (Å²) in [6.07, 6.45) is 1.90. The number of nitriles is 1. The van der Waals surface area contributed by atoms with Crippen LogP contribution in [0.4, 0.5) is 5.69 Å². The Kier molecular flexibility index (Phi) is 7.37. The molecule has 31 heavy (non-hydrogen) atoms. The molecule has 3 rings (SSSR count). The van der Waals surface area contributed by atoms with E-state index in [1.54, 1.807) is 26.4 Å². The Morgan fingerprint density at radius 2 is 1.94 bits per heavy atom. The van der Waals surface area contributed by atoms with Crippen LogP contribution in [-0.4, -0.2) is 52.3 Å². The second-order valence-electron chi connectivity index (χ2n) is 7.27. The Hall–Kier alpha value is -1.99. The van der Waals surface area contributed by atoms with Gasteiger partial charge in [-0.1, -0.05) is 27.5 Å². The van der Waals surface area contributed by atoms with E-state index in [0.717, 1.165) is 15.7 Å². The molecule has 2 aromatic rings. The summed E-state index contributed by atoms with van der Waals surface area (Å²) in [7, 11) is -0.124. The van der Waals surface area contributed by atoms with E-state index in [4.69, 9.17) is 21.1 Å². The summed E-state index contributed by atoms with van der Waals surface area (Å²) in [6, 6.07) is 11.0. The van der Waals surface area contributed by atoms with Crippen LogP contribution in [-0.2, 0) is 16.6 Å². The molecule has 2 aromatic carbocycles. The van der Waals surface area contributed by atoms with Gasteiger partial charge in [-0.25, -0.2) is 12.7 Å². The molecule has 0 amide bonds. The molecule has 1 saturated heterocycles. The van der Waals surface area contributed by atoms with Crippen molar-refractivity contribution in [3.8, 4) is 17.6 Å². The Morgan fingerprint density at radius 3 is 2.48 bits per heavy atom. The largest absolute Gasteiger partial charge is 0.493 e. The van der Waals surface area contributed by atoms with Gasteiger partial charge in [0.25, 0.3) is 0 Å². The van der Waals surface area contributed by atoms with Crippen molar-refractivity contribution in [3.63, 3.8) is 0 Å². The van der Waals surface area contributed by atoms with Crippen LogP contribution >= 0.6 is 27.5 Å². The summed E-state index contributed by atoms with van der Waals surface area (Å²) in [4.78, 5) is 2.12. The van der Waals surface area contributed by atoms with E-state index in [9.17, 15) is 13.7 Å². The summed E-state index contributed by atoms with van der Waals surface area (Å²) >= 11 is 9.91. The minimum Gasteiger partial charge on any atom is -0.493 e. The minimum atomic E-state index is -3.28. The monoisotopic (exact) mass is 527 g/mol. The highest BCUT2D eigenvalue weighted by Crippen LogP contribution is 2.36. The third kappa shape index (κ3) is 5.26. The fourth-order valence-corrected chi connectivity index (χ4v) is 5.22. The van der Waals surface area contributed by atoms with Crippen molar-refractivity contribution in [2.75, 3.05) is 38.5 Å². The van der Waals surface area contributed by atoms with Gasteiger partial charge in [-0.3, -0.25) is 0 Å². The van der Waals surface area contributed by atoms with Crippen molar-refractivity contribution in [2.24, 2.45) is 0 Å². The highest BCUT2D eigenvalue weighted by atomic mass is 79.9. The summed E-state index contributed by atoms with van der Waals surface area (Å²) in [5, 5.41) is 9.56. The molecule has 0 radical (unpaired) electrons. The standard InChI is InChI=1S/C21H23BrClN3O4S/c1-29-20-8-15(18(22)10-21(20)30-2)12-26(16-5-4-14(11-24)19(23)9-16)17-6-7-25(13-17)31(3,27)28/h4-5,8-10,17H,6-7,12-13H2,1-3H3/t17-/m0/s1. The first-order chi connectivity index (χ1) is 14.7. The lowest BCUT2D eigenvalue weighted by Gasteiger charge is -2.32. The molecule has 1 heterocycles. The lowest BCUT2D eigenvalue weighted by Crippen LogP contribution is -2.38. The van der Waals surface area contributed by atoms with Gasteiger partial charge < -0.3 is 14.4 Å². The topological polar surface area (TPSA) is 82.9 Å². The van der Waals surface area contributed by atoms with Gasteiger partial charge in [0.15, 0.2) is 11.5 Å². The average molecular weight is 529 g/mol. The maximum Gasteiger partial charge on any atom is 0.211 e. The molecule has 1 fully saturated rings. The molecule has 0 unspecified atom stereocenters. The minimum absolute atomic E-state index is 0.0567. The number of ether oxygens (including phenoxy) is 2. The van der Waals surface area contributed by atoms with Crippen molar-refractivity contribution in [1.29, 1.82) is 5.26 Å². The predicted molar refractivity (Wildman–Crippen MR) is 124 cm³/mol. The van der Waals surface area contributed by atoms with E-state index in [1.165, 1.54) is 10.6 Å². The number of nitrogens with zero attached hydrogens (tertiary/aromatic N) is 3. The van der Waals surface area contributed by atoms with Crippen molar-refractivity contribution >= 4 is 43.2 Å². The van der Waals surface area contributed by atoms with E-state index in [-0.39, 0.29) is 6.04 Å². The van der Waals surface area contributed by atoms with Crippen LogP contribution in [0, 0.1) is 11.3 Å². The molecule has 0 bridgehead atoms. The number of methoxy groups -OCH3 is 2. The molecule has 0 N–H and O–H groups in total. The molecule has 0 aromatic heterocycles. The van der Waals surface area contributed by atoms with Gasteiger partial charge >= 0.3 is 0 Å². The van der Waals surface area contributed by atoms with Crippen LogP contribution in [0.3, 0.4) is 0 Å². The lowest BCUT2D eigenvalue weighted by molar-refractivity contribution is 0.354. The Balaban J connectivity index is 2.01. The highest BCUT2D eigenvalue weighted by Gasteiger charge is 2.33. The number of sulfonamides is 1.